The molecule has 0 aliphatic rings. The molecule has 1 aromatic carbocycles. The minimum atomic E-state index is 0.221. The molecule has 0 spiro atoms. The molecule has 12 heavy (non-hydrogen) atoms. The minimum Gasteiger partial charge on any atom is -0.0938 e. The number of hydrogen-bond donors (Lipinski definition) is 0. The Morgan fingerprint density at radius 3 is 2.17 bits per heavy atom. The van der Waals surface area contributed by atoms with Crippen LogP contribution in [0.25, 0.3) is 0 Å². The van der Waals surface area contributed by atoms with E-state index in [1.165, 1.54) is 11.1 Å². The lowest BCUT2D eigenvalue weighted by Gasteiger charge is -2.20. The zero-order valence-electron chi connectivity index (χ0n) is 8.31. The fraction of sp³-hybridized carbons (Fsp3) is 0.455. The fourth-order valence-electron chi connectivity index (χ4n) is 1.14. The highest BCUT2D eigenvalue weighted by atomic mass is 14.2. The second-order valence-electron chi connectivity index (χ2n) is 4.32. The largest absolute Gasteiger partial charge is 0.114 e. The van der Waals surface area contributed by atoms with Gasteiger partial charge in [0.1, 0.15) is 7.85 Å². The van der Waals surface area contributed by atoms with E-state index in [1.54, 1.807) is 0 Å². The summed E-state index contributed by atoms with van der Waals surface area (Å²) < 4.78 is 0. The molecule has 0 atom stereocenters. The van der Waals surface area contributed by atoms with Crippen molar-refractivity contribution in [1.29, 1.82) is 0 Å². The summed E-state index contributed by atoms with van der Waals surface area (Å²) in [5, 5.41) is 0. The van der Waals surface area contributed by atoms with E-state index in [2.05, 4.69) is 32.9 Å². The average Bonchev–Trinajstić information content (AvgIpc) is 1.92. The summed E-state index contributed by atoms with van der Waals surface area (Å²) in [6.45, 7) is 8.67. The Labute approximate surface area is 76.4 Å². The van der Waals surface area contributed by atoms with Crippen LogP contribution in [-0.4, -0.2) is 7.85 Å². The van der Waals surface area contributed by atoms with E-state index in [-0.39, 0.29) is 5.41 Å². The van der Waals surface area contributed by atoms with Gasteiger partial charge in [-0.2, -0.15) is 0 Å². The van der Waals surface area contributed by atoms with Crippen LogP contribution in [0.1, 0.15) is 31.9 Å². The summed E-state index contributed by atoms with van der Waals surface area (Å²) in [6.07, 6.45) is 0. The third-order valence-electron chi connectivity index (χ3n) is 2.14. The maximum Gasteiger partial charge on any atom is 0.114 e. The topological polar surface area (TPSA) is 0 Å². The Kier molecular flexibility index (Phi) is 2.32. The van der Waals surface area contributed by atoms with Crippen molar-refractivity contribution in [1.82, 2.24) is 0 Å². The highest BCUT2D eigenvalue weighted by Crippen LogP contribution is 2.21. The average molecular weight is 158 g/mol. The lowest BCUT2D eigenvalue weighted by Crippen LogP contribution is -2.15. The van der Waals surface area contributed by atoms with Crippen LogP contribution in [0.15, 0.2) is 18.2 Å². The predicted molar refractivity (Wildman–Crippen MR) is 55.3 cm³/mol. The van der Waals surface area contributed by atoms with Crippen LogP contribution in [-0.2, 0) is 5.41 Å². The molecule has 2 radical (unpaired) electrons. The first-order valence-corrected chi connectivity index (χ1v) is 4.28. The van der Waals surface area contributed by atoms with Gasteiger partial charge in [-0.3, -0.25) is 0 Å². The Morgan fingerprint density at radius 2 is 1.75 bits per heavy atom. The van der Waals surface area contributed by atoms with E-state index in [4.69, 9.17) is 7.85 Å². The van der Waals surface area contributed by atoms with Crippen LogP contribution in [0, 0.1) is 6.92 Å². The molecule has 0 saturated heterocycles. The summed E-state index contributed by atoms with van der Waals surface area (Å²) in [6, 6.07) is 6.24. The molecule has 0 heterocycles. The highest BCUT2D eigenvalue weighted by Gasteiger charge is 2.13. The molecule has 0 fully saturated rings. The summed E-state index contributed by atoms with van der Waals surface area (Å²) in [5.41, 5.74) is 3.61. The standard InChI is InChI=1S/C11H15B/c1-8-7-9(11(2,3)4)5-6-10(8)12/h5-7H,1-4H3. The summed E-state index contributed by atoms with van der Waals surface area (Å²) in [4.78, 5) is 0. The Hall–Kier alpha value is -0.715. The molecule has 1 rings (SSSR count). The molecule has 0 aliphatic heterocycles. The SMILES string of the molecule is [B]c1ccc(C(C)(C)C)cc1C. The van der Waals surface area contributed by atoms with E-state index < -0.39 is 0 Å². The maximum atomic E-state index is 5.73. The van der Waals surface area contributed by atoms with Gasteiger partial charge in [0.25, 0.3) is 0 Å². The van der Waals surface area contributed by atoms with Crippen molar-refractivity contribution in [2.75, 3.05) is 0 Å². The smallest absolute Gasteiger partial charge is 0.0938 e. The van der Waals surface area contributed by atoms with Crippen LogP contribution >= 0.6 is 0 Å². The molecule has 62 valence electrons. The summed E-state index contributed by atoms with van der Waals surface area (Å²) in [5.74, 6) is 0. The van der Waals surface area contributed by atoms with E-state index in [0.29, 0.717) is 0 Å². The van der Waals surface area contributed by atoms with Gasteiger partial charge in [-0.1, -0.05) is 50.0 Å². The first-order chi connectivity index (χ1) is 5.41. The Morgan fingerprint density at radius 1 is 1.17 bits per heavy atom. The first-order valence-electron chi connectivity index (χ1n) is 4.28. The van der Waals surface area contributed by atoms with E-state index in [9.17, 15) is 0 Å². The van der Waals surface area contributed by atoms with E-state index in [1.807, 2.05) is 13.0 Å². The predicted octanol–water partition coefficient (Wildman–Crippen LogP) is 2.09. The number of aryl methyl sites for hydroxylation is 1. The molecular formula is C11H15B. The van der Waals surface area contributed by atoms with Crippen molar-refractivity contribution < 1.29 is 0 Å². The van der Waals surface area contributed by atoms with Crippen molar-refractivity contribution in [3.05, 3.63) is 29.3 Å². The van der Waals surface area contributed by atoms with Gasteiger partial charge in [0.2, 0.25) is 0 Å². The van der Waals surface area contributed by atoms with Crippen molar-refractivity contribution >= 4 is 13.3 Å². The zero-order valence-corrected chi connectivity index (χ0v) is 8.31. The van der Waals surface area contributed by atoms with Crippen molar-refractivity contribution in [3.63, 3.8) is 0 Å². The van der Waals surface area contributed by atoms with Gasteiger partial charge in [0, 0.05) is 0 Å². The fourth-order valence-corrected chi connectivity index (χ4v) is 1.14. The third kappa shape index (κ3) is 1.91. The molecule has 0 saturated carbocycles. The van der Waals surface area contributed by atoms with Crippen molar-refractivity contribution in [2.24, 2.45) is 0 Å². The van der Waals surface area contributed by atoms with Crippen molar-refractivity contribution in [3.8, 4) is 0 Å². The number of hydrogen-bond acceptors (Lipinski definition) is 0. The molecular weight excluding hydrogens is 143 g/mol. The maximum absolute atomic E-state index is 5.73. The molecule has 0 amide bonds. The molecule has 0 bridgehead atoms. The summed E-state index contributed by atoms with van der Waals surface area (Å²) in [7, 11) is 5.73. The molecule has 0 aliphatic carbocycles. The van der Waals surface area contributed by atoms with Gasteiger partial charge >= 0.3 is 0 Å². The monoisotopic (exact) mass is 158 g/mol. The van der Waals surface area contributed by atoms with Gasteiger partial charge in [0.05, 0.1) is 0 Å². The number of benzene rings is 1. The van der Waals surface area contributed by atoms with Gasteiger partial charge < -0.3 is 0 Å². The van der Waals surface area contributed by atoms with Crippen LogP contribution in [0.3, 0.4) is 0 Å². The molecule has 0 N–H and O–H groups in total. The molecule has 0 aromatic heterocycles. The molecule has 0 nitrogen and oxygen atoms in total. The number of rotatable bonds is 0. The minimum absolute atomic E-state index is 0.221. The Balaban J connectivity index is 3.14. The van der Waals surface area contributed by atoms with Gasteiger partial charge in [-0.25, -0.2) is 0 Å². The van der Waals surface area contributed by atoms with Gasteiger partial charge in [0.15, 0.2) is 0 Å². The second kappa shape index (κ2) is 2.97. The van der Waals surface area contributed by atoms with Gasteiger partial charge in [-0.05, 0) is 17.9 Å². The lowest BCUT2D eigenvalue weighted by atomic mass is 9.82. The molecule has 1 aromatic rings. The Bertz CT molecular complexity index is 282. The van der Waals surface area contributed by atoms with Crippen LogP contribution in [0.2, 0.25) is 0 Å². The third-order valence-corrected chi connectivity index (χ3v) is 2.14. The quantitative estimate of drug-likeness (QED) is 0.507. The summed E-state index contributed by atoms with van der Waals surface area (Å²) >= 11 is 0. The molecule has 0 unspecified atom stereocenters. The van der Waals surface area contributed by atoms with Crippen molar-refractivity contribution in [2.45, 2.75) is 33.1 Å². The van der Waals surface area contributed by atoms with Gasteiger partial charge in [-0.15, -0.1) is 0 Å². The second-order valence-corrected chi connectivity index (χ2v) is 4.32. The lowest BCUT2D eigenvalue weighted by molar-refractivity contribution is 0.590. The van der Waals surface area contributed by atoms with Crippen LogP contribution in [0.4, 0.5) is 0 Å². The normalized spacial score (nSPS) is 11.7. The van der Waals surface area contributed by atoms with Crippen LogP contribution in [0.5, 0.6) is 0 Å². The zero-order chi connectivity index (χ0) is 9.35. The van der Waals surface area contributed by atoms with E-state index in [0.717, 1.165) is 5.46 Å². The van der Waals surface area contributed by atoms with Crippen LogP contribution < -0.4 is 5.46 Å². The molecule has 1 heteroatoms. The van der Waals surface area contributed by atoms with E-state index >= 15 is 0 Å². The highest BCUT2D eigenvalue weighted by molar-refractivity contribution is 6.33. The first kappa shape index (κ1) is 9.37.